The van der Waals surface area contributed by atoms with E-state index in [0.717, 1.165) is 47.1 Å². The average Bonchev–Trinajstić information content (AvgIpc) is 3.20. The normalized spacial score (nSPS) is 15.5. The largest absolute Gasteiger partial charge is 0.401 e. The molecule has 0 saturated carbocycles. The molecule has 0 fully saturated rings. The van der Waals surface area contributed by atoms with Crippen LogP contribution < -0.4 is 5.32 Å². The van der Waals surface area contributed by atoms with Crippen molar-refractivity contribution in [2.24, 2.45) is 5.41 Å². The van der Waals surface area contributed by atoms with Crippen LogP contribution in [0.1, 0.15) is 48.1 Å². The number of hydrogen-bond donors (Lipinski definition) is 1. The molecule has 5 nitrogen and oxygen atoms in total. The number of pyridine rings is 1. The first-order valence-corrected chi connectivity index (χ1v) is 11.2. The van der Waals surface area contributed by atoms with Gasteiger partial charge in [-0.3, -0.25) is 4.98 Å². The molecule has 2 heterocycles. The van der Waals surface area contributed by atoms with Crippen molar-refractivity contribution in [3.05, 3.63) is 52.3 Å². The van der Waals surface area contributed by atoms with Crippen molar-refractivity contribution >= 4 is 0 Å². The lowest BCUT2D eigenvalue weighted by atomic mass is 9.74. The van der Waals surface area contributed by atoms with E-state index in [2.05, 4.69) is 29.3 Å². The van der Waals surface area contributed by atoms with Gasteiger partial charge in [-0.15, -0.1) is 0 Å². The predicted molar refractivity (Wildman–Crippen MR) is 121 cm³/mol. The number of halogens is 3. The fourth-order valence-corrected chi connectivity index (χ4v) is 4.62. The zero-order valence-electron chi connectivity index (χ0n) is 19.4. The zero-order valence-corrected chi connectivity index (χ0v) is 19.4. The number of nitrogens with one attached hydrogen (secondary N) is 1. The molecule has 0 spiro atoms. The summed E-state index contributed by atoms with van der Waals surface area (Å²) in [5.74, 6) is 0.934. The van der Waals surface area contributed by atoms with E-state index >= 15 is 0 Å². The second kappa shape index (κ2) is 8.89. The third-order valence-electron chi connectivity index (χ3n) is 6.43. The second-order valence-corrected chi connectivity index (χ2v) is 9.67. The Hall–Kier alpha value is -2.74. The zero-order chi connectivity index (χ0) is 23.8. The molecular formula is C25H29F3N4O. The van der Waals surface area contributed by atoms with Crippen molar-refractivity contribution in [2.45, 2.75) is 59.6 Å². The fraction of sp³-hybridized carbons (Fsp3) is 0.480. The lowest BCUT2D eigenvalue weighted by Crippen LogP contribution is -2.30. The molecule has 1 N–H and O–H groups in total. The Balaban J connectivity index is 1.59. The summed E-state index contributed by atoms with van der Waals surface area (Å²) in [7, 11) is 0. The summed E-state index contributed by atoms with van der Waals surface area (Å²) in [5.41, 5.74) is 7.32. The molecule has 33 heavy (non-hydrogen) atoms. The minimum absolute atomic E-state index is 0.235. The van der Waals surface area contributed by atoms with Crippen molar-refractivity contribution in [3.8, 4) is 22.8 Å². The summed E-state index contributed by atoms with van der Waals surface area (Å²) >= 11 is 0. The number of hydrogen-bond acceptors (Lipinski definition) is 5. The van der Waals surface area contributed by atoms with Gasteiger partial charge in [0.1, 0.15) is 0 Å². The molecule has 1 aliphatic carbocycles. The molecule has 1 aliphatic rings. The van der Waals surface area contributed by atoms with E-state index in [9.17, 15) is 13.2 Å². The van der Waals surface area contributed by atoms with E-state index in [1.165, 1.54) is 11.1 Å². The molecule has 176 valence electrons. The van der Waals surface area contributed by atoms with Crippen LogP contribution in [0.4, 0.5) is 13.2 Å². The Morgan fingerprint density at radius 2 is 1.94 bits per heavy atom. The Bertz CT molecular complexity index is 1150. The van der Waals surface area contributed by atoms with E-state index < -0.39 is 12.7 Å². The molecule has 1 aromatic carbocycles. The standard InChI is InChI=1S/C25H29F3N4O/c1-15-5-6-17(8-10-29-14-25(26,27)28)16(2)21(15)22-31-23(33-32-22)20-13-30-12-18-11-24(3,4)9-7-19(18)20/h5-6,12-13,29H,7-11,14H2,1-4H3. The van der Waals surface area contributed by atoms with Crippen LogP contribution in [-0.4, -0.2) is 34.4 Å². The third-order valence-corrected chi connectivity index (χ3v) is 6.43. The van der Waals surface area contributed by atoms with Gasteiger partial charge in [-0.25, -0.2) is 0 Å². The smallest absolute Gasteiger partial charge is 0.334 e. The number of fused-ring (bicyclic) bond motifs is 1. The van der Waals surface area contributed by atoms with Crippen LogP contribution in [0.3, 0.4) is 0 Å². The third kappa shape index (κ3) is 5.27. The first kappa shape index (κ1) is 23.4. The van der Waals surface area contributed by atoms with Crippen LogP contribution in [0.15, 0.2) is 29.0 Å². The van der Waals surface area contributed by atoms with Gasteiger partial charge in [0.15, 0.2) is 0 Å². The van der Waals surface area contributed by atoms with Crippen LogP contribution in [0.25, 0.3) is 22.8 Å². The molecule has 2 aromatic heterocycles. The number of aryl methyl sites for hydroxylation is 1. The van der Waals surface area contributed by atoms with Gasteiger partial charge < -0.3 is 9.84 Å². The number of alkyl halides is 3. The SMILES string of the molecule is Cc1ccc(CCNCC(F)(F)F)c(C)c1-c1noc(-c2cncc3c2CCC(C)(C)C3)n1. The summed E-state index contributed by atoms with van der Waals surface area (Å²) in [6.07, 6.45) is 2.98. The van der Waals surface area contributed by atoms with Gasteiger partial charge in [-0.1, -0.05) is 31.1 Å². The van der Waals surface area contributed by atoms with Gasteiger partial charge >= 0.3 is 6.18 Å². The predicted octanol–water partition coefficient (Wildman–Crippen LogP) is 5.62. The highest BCUT2D eigenvalue weighted by Crippen LogP contribution is 2.38. The van der Waals surface area contributed by atoms with Crippen LogP contribution in [0, 0.1) is 19.3 Å². The van der Waals surface area contributed by atoms with Crippen LogP contribution >= 0.6 is 0 Å². The number of benzene rings is 1. The van der Waals surface area contributed by atoms with E-state index in [1.54, 1.807) is 6.20 Å². The van der Waals surface area contributed by atoms with Crippen molar-refractivity contribution in [1.82, 2.24) is 20.4 Å². The molecule has 0 bridgehead atoms. The van der Waals surface area contributed by atoms with E-state index in [4.69, 9.17) is 9.51 Å². The lowest BCUT2D eigenvalue weighted by Gasteiger charge is -2.31. The molecule has 0 radical (unpaired) electrons. The summed E-state index contributed by atoms with van der Waals surface area (Å²) in [5, 5.41) is 6.71. The number of nitrogens with zero attached hydrogens (tertiary/aromatic N) is 3. The average molecular weight is 459 g/mol. The Morgan fingerprint density at radius 3 is 2.70 bits per heavy atom. The molecule has 0 saturated heterocycles. The minimum Gasteiger partial charge on any atom is -0.334 e. The fourth-order valence-electron chi connectivity index (χ4n) is 4.62. The highest BCUT2D eigenvalue weighted by Gasteiger charge is 2.29. The quantitative estimate of drug-likeness (QED) is 0.486. The van der Waals surface area contributed by atoms with Gasteiger partial charge in [0.05, 0.1) is 12.1 Å². The number of rotatable bonds is 6. The molecule has 0 unspecified atom stereocenters. The van der Waals surface area contributed by atoms with Crippen molar-refractivity contribution in [2.75, 3.05) is 13.1 Å². The Labute approximate surface area is 191 Å². The monoisotopic (exact) mass is 458 g/mol. The molecule has 3 aromatic rings. The maximum Gasteiger partial charge on any atom is 0.401 e. The summed E-state index contributed by atoms with van der Waals surface area (Å²) < 4.78 is 42.8. The van der Waals surface area contributed by atoms with Crippen molar-refractivity contribution in [1.29, 1.82) is 0 Å². The first-order chi connectivity index (χ1) is 15.5. The summed E-state index contributed by atoms with van der Waals surface area (Å²) in [4.78, 5) is 9.12. The molecule has 8 heteroatoms. The van der Waals surface area contributed by atoms with Gasteiger partial charge in [0.2, 0.25) is 5.82 Å². The summed E-state index contributed by atoms with van der Waals surface area (Å²) in [6.45, 7) is 7.70. The van der Waals surface area contributed by atoms with Gasteiger partial charge in [-0.05, 0) is 79.3 Å². The maximum absolute atomic E-state index is 12.4. The van der Waals surface area contributed by atoms with E-state index in [1.807, 2.05) is 32.2 Å². The Morgan fingerprint density at radius 1 is 1.15 bits per heavy atom. The summed E-state index contributed by atoms with van der Waals surface area (Å²) in [6, 6.07) is 3.90. The molecule has 4 rings (SSSR count). The lowest BCUT2D eigenvalue weighted by molar-refractivity contribution is -0.124. The van der Waals surface area contributed by atoms with E-state index in [-0.39, 0.29) is 12.0 Å². The second-order valence-electron chi connectivity index (χ2n) is 9.67. The molecule has 0 aliphatic heterocycles. The van der Waals surface area contributed by atoms with Crippen molar-refractivity contribution in [3.63, 3.8) is 0 Å². The minimum atomic E-state index is -4.21. The highest BCUT2D eigenvalue weighted by molar-refractivity contribution is 5.69. The molecular weight excluding hydrogens is 429 g/mol. The van der Waals surface area contributed by atoms with Gasteiger partial charge in [-0.2, -0.15) is 18.2 Å². The van der Waals surface area contributed by atoms with Crippen LogP contribution in [0.2, 0.25) is 0 Å². The van der Waals surface area contributed by atoms with E-state index in [0.29, 0.717) is 18.1 Å². The van der Waals surface area contributed by atoms with Gasteiger partial charge in [0, 0.05) is 18.0 Å². The van der Waals surface area contributed by atoms with Gasteiger partial charge in [0.25, 0.3) is 5.89 Å². The Kier molecular flexibility index (Phi) is 6.31. The maximum atomic E-state index is 12.4. The molecule has 0 atom stereocenters. The van der Waals surface area contributed by atoms with Crippen LogP contribution in [-0.2, 0) is 19.3 Å². The molecule has 0 amide bonds. The van der Waals surface area contributed by atoms with Crippen molar-refractivity contribution < 1.29 is 17.7 Å². The van der Waals surface area contributed by atoms with Crippen LogP contribution in [0.5, 0.6) is 0 Å². The topological polar surface area (TPSA) is 63.8 Å². The highest BCUT2D eigenvalue weighted by atomic mass is 19.4. The first-order valence-electron chi connectivity index (χ1n) is 11.2. The number of aromatic nitrogens is 3.